The summed E-state index contributed by atoms with van der Waals surface area (Å²) < 4.78 is 26.1. The third kappa shape index (κ3) is 8.06. The van der Waals surface area contributed by atoms with Crippen LogP contribution in [-0.2, 0) is 19.1 Å². The predicted octanol–water partition coefficient (Wildman–Crippen LogP) is 7.05. The van der Waals surface area contributed by atoms with Crippen molar-refractivity contribution in [3.8, 4) is 33.5 Å². The van der Waals surface area contributed by atoms with Crippen LogP contribution in [0.15, 0.2) is 60.8 Å². The van der Waals surface area contributed by atoms with Gasteiger partial charge in [-0.15, -0.1) is 0 Å². The fourth-order valence-electron chi connectivity index (χ4n) is 9.96. The summed E-state index contributed by atoms with van der Waals surface area (Å²) in [6, 6.07) is 13.9. The molecule has 4 amide bonds. The van der Waals surface area contributed by atoms with Crippen LogP contribution in [0.4, 0.5) is 25.4 Å². The van der Waals surface area contributed by atoms with E-state index in [0.29, 0.717) is 53.4 Å². The zero-order chi connectivity index (χ0) is 44.9. The number of nitrogens with zero attached hydrogens (tertiary/aromatic N) is 3. The lowest BCUT2D eigenvalue weighted by molar-refractivity contribution is -0.140. The standard InChI is InChI=1S/C47H55FN8O7/c1-23(2)38(53-46(60)62-5)44(58)55-17-7-8-37(55)43-50-22-36(52-43)27-11-15-31-30-14-10-25(19-32(30)41(57)33(31)20-27)26-12-16-34(49)35(21-26)51-42(48)40-28-9-13-29(18-28)56(40)45(59)39(24(3)4)54-47(61)63-6/h10-12,14-16,19-24,28-29,37-40,42,51H,7-9,13,17-18,49H2,1-6H3,(H,50,52)(H,53,60)(H,54,61). The number of carbonyl (C=O) groups excluding carboxylic acids is 5. The van der Waals surface area contributed by atoms with Crippen LogP contribution >= 0.6 is 0 Å². The molecule has 6 N–H and O–H groups in total. The molecule has 3 fully saturated rings. The number of amides is 4. The van der Waals surface area contributed by atoms with Crippen LogP contribution in [0.5, 0.6) is 0 Å². The monoisotopic (exact) mass is 862 g/mol. The number of nitrogen functional groups attached to an aromatic ring is 1. The van der Waals surface area contributed by atoms with Crippen LogP contribution < -0.4 is 21.7 Å². The van der Waals surface area contributed by atoms with Gasteiger partial charge in [0.2, 0.25) is 11.8 Å². The number of piperidine rings is 1. The first-order chi connectivity index (χ1) is 30.2. The third-order valence-corrected chi connectivity index (χ3v) is 13.2. The van der Waals surface area contributed by atoms with E-state index in [4.69, 9.17) is 15.2 Å². The molecule has 15 nitrogen and oxygen atoms in total. The number of rotatable bonds is 12. The van der Waals surface area contributed by atoms with Crippen molar-refractivity contribution in [1.82, 2.24) is 30.4 Å². The fourth-order valence-corrected chi connectivity index (χ4v) is 9.96. The minimum absolute atomic E-state index is 0.0498. The van der Waals surface area contributed by atoms with E-state index in [1.165, 1.54) is 14.2 Å². The minimum Gasteiger partial charge on any atom is -0.453 e. The van der Waals surface area contributed by atoms with Crippen molar-refractivity contribution in [2.75, 3.05) is 31.8 Å². The third-order valence-electron chi connectivity index (χ3n) is 13.2. The average molecular weight is 863 g/mol. The Bertz CT molecular complexity index is 2450. The van der Waals surface area contributed by atoms with Gasteiger partial charge in [-0.1, -0.05) is 58.0 Å². The smallest absolute Gasteiger partial charge is 0.407 e. The number of imidazole rings is 1. The lowest BCUT2D eigenvalue weighted by Gasteiger charge is -2.40. The number of carbonyl (C=O) groups is 5. The van der Waals surface area contributed by atoms with Crippen molar-refractivity contribution in [2.24, 2.45) is 17.8 Å². The van der Waals surface area contributed by atoms with Crippen molar-refractivity contribution in [2.45, 2.75) is 96.3 Å². The molecule has 2 aliphatic carbocycles. The lowest BCUT2D eigenvalue weighted by atomic mass is 9.95. The van der Waals surface area contributed by atoms with Gasteiger partial charge in [0.25, 0.3) is 0 Å². The van der Waals surface area contributed by atoms with Crippen LogP contribution in [0.25, 0.3) is 33.5 Å². The van der Waals surface area contributed by atoms with Gasteiger partial charge in [-0.25, -0.2) is 19.0 Å². The highest BCUT2D eigenvalue weighted by Crippen LogP contribution is 2.46. The molecule has 16 heteroatoms. The quantitative estimate of drug-likeness (QED) is 0.0640. The van der Waals surface area contributed by atoms with Crippen molar-refractivity contribution in [3.05, 3.63) is 77.7 Å². The van der Waals surface area contributed by atoms with E-state index in [1.54, 1.807) is 28.1 Å². The van der Waals surface area contributed by atoms with Crippen LogP contribution in [0.2, 0.25) is 0 Å². The molecule has 3 aromatic carbocycles. The van der Waals surface area contributed by atoms with Gasteiger partial charge in [0.05, 0.1) is 49.6 Å². The van der Waals surface area contributed by atoms with E-state index in [9.17, 15) is 24.0 Å². The number of nitrogens with one attached hydrogen (secondary N) is 4. The molecule has 4 aromatic rings. The fraction of sp³-hybridized carbons (Fsp3) is 0.447. The number of alkyl halides is 1. The average Bonchev–Trinajstić information content (AvgIpc) is 4.14. The molecule has 332 valence electrons. The second-order valence-electron chi connectivity index (χ2n) is 17.7. The molecule has 4 aliphatic rings. The molecule has 8 rings (SSSR count). The molecule has 1 aromatic heterocycles. The van der Waals surface area contributed by atoms with Crippen LogP contribution in [0.3, 0.4) is 0 Å². The number of methoxy groups -OCH3 is 2. The van der Waals surface area contributed by atoms with Gasteiger partial charge in [-0.05, 0) is 96.4 Å². The van der Waals surface area contributed by atoms with E-state index < -0.39 is 36.6 Å². The Hall–Kier alpha value is -6.45. The normalized spacial score (nSPS) is 21.3. The van der Waals surface area contributed by atoms with Gasteiger partial charge in [0.1, 0.15) is 17.9 Å². The Morgan fingerprint density at radius 1 is 0.810 bits per heavy atom. The Labute approximate surface area is 365 Å². The van der Waals surface area contributed by atoms with Crippen LogP contribution in [0, 0.1) is 17.8 Å². The summed E-state index contributed by atoms with van der Waals surface area (Å²) in [4.78, 5) is 77.2. The molecule has 2 bridgehead atoms. The summed E-state index contributed by atoms with van der Waals surface area (Å²) in [5.41, 5.74) is 12.7. The Kier molecular flexibility index (Phi) is 11.9. The topological polar surface area (TPSA) is 201 Å². The van der Waals surface area contributed by atoms with Gasteiger partial charge in [0.15, 0.2) is 12.1 Å². The second-order valence-corrected chi connectivity index (χ2v) is 17.7. The lowest BCUT2D eigenvalue weighted by Crippen LogP contribution is -2.58. The number of ether oxygens (including phenoxy) is 2. The van der Waals surface area contributed by atoms with E-state index in [2.05, 4.69) is 25.9 Å². The molecule has 3 heterocycles. The number of ketones is 1. The number of aromatic nitrogens is 2. The number of likely N-dealkylation sites (tertiary alicyclic amines) is 2. The number of benzene rings is 3. The highest BCUT2D eigenvalue weighted by molar-refractivity contribution is 6.22. The van der Waals surface area contributed by atoms with E-state index in [0.717, 1.165) is 47.1 Å². The van der Waals surface area contributed by atoms with Crippen LogP contribution in [-0.4, -0.2) is 101 Å². The first kappa shape index (κ1) is 43.2. The SMILES string of the molecule is COC(=O)NC(C(=O)N1CCCC1c1ncc(-c2ccc3c(c2)C(=O)c2cc(-c4ccc(N)c(NC(F)C5C6CCC(C6)N5C(=O)C(NC(=O)OC)C(C)C)c4)ccc2-3)[nH]1)C(C)C. The number of aromatic amines is 1. The molecule has 0 radical (unpaired) electrons. The molecular weight excluding hydrogens is 808 g/mol. The molecule has 1 saturated carbocycles. The molecule has 2 saturated heterocycles. The summed E-state index contributed by atoms with van der Waals surface area (Å²) in [5, 5.41) is 8.30. The first-order valence-electron chi connectivity index (χ1n) is 21.7. The molecule has 7 unspecified atom stereocenters. The minimum atomic E-state index is -1.64. The first-order valence-corrected chi connectivity index (χ1v) is 21.7. The summed E-state index contributed by atoms with van der Waals surface area (Å²) in [6.45, 7) is 7.93. The zero-order valence-electron chi connectivity index (χ0n) is 36.4. The highest BCUT2D eigenvalue weighted by Gasteiger charge is 2.53. The number of anilines is 2. The van der Waals surface area contributed by atoms with Crippen molar-refractivity contribution >= 4 is 41.2 Å². The molecular formula is C47H55FN8O7. The number of alkyl carbamates (subject to hydrolysis) is 2. The number of nitrogens with two attached hydrogens (primary N) is 1. The summed E-state index contributed by atoms with van der Waals surface area (Å²) in [7, 11) is 2.50. The van der Waals surface area contributed by atoms with E-state index in [-0.39, 0.29) is 47.4 Å². The van der Waals surface area contributed by atoms with E-state index in [1.807, 2.05) is 70.2 Å². The maximum absolute atomic E-state index is 16.6. The Balaban J connectivity index is 0.986. The largest absolute Gasteiger partial charge is 0.453 e. The molecule has 2 aliphatic heterocycles. The van der Waals surface area contributed by atoms with Crippen molar-refractivity contribution in [3.63, 3.8) is 0 Å². The van der Waals surface area contributed by atoms with Gasteiger partial charge in [0, 0.05) is 29.3 Å². The summed E-state index contributed by atoms with van der Waals surface area (Å²) in [6.07, 6.45) is 2.43. The molecule has 0 spiro atoms. The van der Waals surface area contributed by atoms with Crippen molar-refractivity contribution in [1.29, 1.82) is 0 Å². The van der Waals surface area contributed by atoms with Gasteiger partial charge < -0.3 is 45.9 Å². The number of H-pyrrole nitrogens is 1. The van der Waals surface area contributed by atoms with Crippen LogP contribution in [0.1, 0.15) is 87.6 Å². The van der Waals surface area contributed by atoms with Gasteiger partial charge >= 0.3 is 12.2 Å². The zero-order valence-corrected chi connectivity index (χ0v) is 36.4. The Morgan fingerprint density at radius 2 is 1.41 bits per heavy atom. The summed E-state index contributed by atoms with van der Waals surface area (Å²) >= 11 is 0. The predicted molar refractivity (Wildman–Crippen MR) is 235 cm³/mol. The van der Waals surface area contributed by atoms with Gasteiger partial charge in [-0.2, -0.15) is 0 Å². The maximum Gasteiger partial charge on any atom is 0.407 e. The second kappa shape index (κ2) is 17.4. The number of halogens is 1. The number of hydrogen-bond donors (Lipinski definition) is 5. The maximum atomic E-state index is 16.6. The number of hydrogen-bond acceptors (Lipinski definition) is 10. The summed E-state index contributed by atoms with van der Waals surface area (Å²) in [5.74, 6) is -0.486. The molecule has 63 heavy (non-hydrogen) atoms. The highest BCUT2D eigenvalue weighted by atomic mass is 19.1. The van der Waals surface area contributed by atoms with Gasteiger partial charge in [-0.3, -0.25) is 14.4 Å². The molecule has 7 atom stereocenters. The Morgan fingerprint density at radius 3 is 2.06 bits per heavy atom. The van der Waals surface area contributed by atoms with Crippen molar-refractivity contribution < 1.29 is 37.8 Å². The van der Waals surface area contributed by atoms with E-state index >= 15 is 4.39 Å². The number of fused-ring (bicyclic) bond motifs is 5.